The van der Waals surface area contributed by atoms with Gasteiger partial charge in [-0.1, -0.05) is 0 Å². The third-order valence-corrected chi connectivity index (χ3v) is 4.02. The molecule has 4 heteroatoms. The lowest BCUT2D eigenvalue weighted by atomic mass is 10.2. The quantitative estimate of drug-likeness (QED) is 0.719. The summed E-state index contributed by atoms with van der Waals surface area (Å²) >= 11 is 3.55. The van der Waals surface area contributed by atoms with Crippen molar-refractivity contribution in [2.45, 2.75) is 13.5 Å². The summed E-state index contributed by atoms with van der Waals surface area (Å²) < 4.78 is 0. The van der Waals surface area contributed by atoms with E-state index in [1.54, 1.807) is 22.7 Å². The van der Waals surface area contributed by atoms with Crippen LogP contribution in [0.5, 0.6) is 0 Å². The van der Waals surface area contributed by atoms with Gasteiger partial charge in [0.1, 0.15) is 0 Å². The molecule has 0 aliphatic carbocycles. The van der Waals surface area contributed by atoms with Gasteiger partial charge in [0, 0.05) is 0 Å². The lowest BCUT2D eigenvalue weighted by Gasteiger charge is -2.12. The second-order valence-electron chi connectivity index (χ2n) is 3.02. The van der Waals surface area contributed by atoms with Crippen LogP contribution in [-0.4, -0.2) is 4.98 Å². The van der Waals surface area contributed by atoms with Crippen molar-refractivity contribution < 1.29 is 0 Å². The predicted molar refractivity (Wildman–Crippen MR) is 57.5 cm³/mol. The number of nitrogens with one attached hydrogen (secondary N) is 1. The molecule has 0 saturated carbocycles. The molecule has 3 heterocycles. The fraction of sp³-hybridized carbons (Fsp3) is 0.222. The first-order valence-electron chi connectivity index (χ1n) is 4.12. The zero-order valence-electron chi connectivity index (χ0n) is 7.13. The Kier molecular flexibility index (Phi) is 1.48. The molecule has 0 amide bonds. The van der Waals surface area contributed by atoms with Crippen LogP contribution >= 0.6 is 22.7 Å². The van der Waals surface area contributed by atoms with Crippen LogP contribution in [-0.2, 0) is 6.54 Å². The Morgan fingerprint density at radius 3 is 3.38 bits per heavy atom. The lowest BCUT2D eigenvalue weighted by Crippen LogP contribution is -2.03. The molecule has 3 rings (SSSR count). The fourth-order valence-electron chi connectivity index (χ4n) is 1.57. The van der Waals surface area contributed by atoms with Crippen LogP contribution in [0.3, 0.4) is 0 Å². The Morgan fingerprint density at radius 1 is 1.54 bits per heavy atom. The van der Waals surface area contributed by atoms with E-state index in [4.69, 9.17) is 0 Å². The van der Waals surface area contributed by atoms with Gasteiger partial charge in [-0.3, -0.25) is 0 Å². The predicted octanol–water partition coefficient (Wildman–Crippen LogP) is 3.11. The second kappa shape index (κ2) is 2.56. The van der Waals surface area contributed by atoms with Gasteiger partial charge >= 0.3 is 0 Å². The highest BCUT2D eigenvalue weighted by atomic mass is 32.1. The molecule has 0 fully saturated rings. The Bertz CT molecular complexity index is 456. The van der Waals surface area contributed by atoms with Crippen LogP contribution in [0, 0.1) is 6.92 Å². The number of thiophene rings is 1. The fourth-order valence-corrected chi connectivity index (χ4v) is 3.41. The van der Waals surface area contributed by atoms with Gasteiger partial charge in [-0.15, -0.1) is 22.7 Å². The van der Waals surface area contributed by atoms with E-state index < -0.39 is 0 Å². The minimum atomic E-state index is 0.935. The SMILES string of the molecule is Cc1nc2c(s1)CNc1ccsc1-2. The van der Waals surface area contributed by atoms with E-state index in [1.807, 2.05) is 0 Å². The number of hydrogen-bond acceptors (Lipinski definition) is 4. The summed E-state index contributed by atoms with van der Waals surface area (Å²) in [5.41, 5.74) is 2.44. The first kappa shape index (κ1) is 7.53. The Labute approximate surface area is 84.3 Å². The van der Waals surface area contributed by atoms with E-state index in [9.17, 15) is 0 Å². The number of anilines is 1. The third kappa shape index (κ3) is 1.02. The monoisotopic (exact) mass is 208 g/mol. The summed E-state index contributed by atoms with van der Waals surface area (Å²) in [6.07, 6.45) is 0. The summed E-state index contributed by atoms with van der Waals surface area (Å²) in [4.78, 5) is 7.22. The van der Waals surface area contributed by atoms with Gasteiger partial charge in [0.15, 0.2) is 0 Å². The average Bonchev–Trinajstić information content (AvgIpc) is 2.65. The van der Waals surface area contributed by atoms with Gasteiger partial charge < -0.3 is 5.32 Å². The number of hydrogen-bond donors (Lipinski definition) is 1. The van der Waals surface area contributed by atoms with Crippen molar-refractivity contribution in [2.24, 2.45) is 0 Å². The van der Waals surface area contributed by atoms with Crippen LogP contribution in [0.4, 0.5) is 5.69 Å². The molecule has 0 aromatic carbocycles. The third-order valence-electron chi connectivity index (χ3n) is 2.12. The average molecular weight is 208 g/mol. The van der Waals surface area contributed by atoms with E-state index >= 15 is 0 Å². The molecule has 2 aromatic heterocycles. The van der Waals surface area contributed by atoms with Crippen molar-refractivity contribution in [3.05, 3.63) is 21.3 Å². The number of aromatic nitrogens is 1. The molecular weight excluding hydrogens is 200 g/mol. The van der Waals surface area contributed by atoms with Gasteiger partial charge in [-0.25, -0.2) is 4.98 Å². The van der Waals surface area contributed by atoms with Crippen molar-refractivity contribution in [1.29, 1.82) is 0 Å². The summed E-state index contributed by atoms with van der Waals surface area (Å²) in [6, 6.07) is 2.12. The maximum atomic E-state index is 4.55. The van der Waals surface area contributed by atoms with E-state index in [1.165, 1.54) is 21.1 Å². The number of rotatable bonds is 0. The van der Waals surface area contributed by atoms with Crippen LogP contribution in [0.15, 0.2) is 11.4 Å². The highest BCUT2D eigenvalue weighted by Gasteiger charge is 2.20. The van der Waals surface area contributed by atoms with Crippen molar-refractivity contribution >= 4 is 28.4 Å². The zero-order chi connectivity index (χ0) is 8.84. The van der Waals surface area contributed by atoms with Crippen molar-refractivity contribution in [1.82, 2.24) is 4.98 Å². The van der Waals surface area contributed by atoms with Crippen molar-refractivity contribution in [2.75, 3.05) is 5.32 Å². The summed E-state index contributed by atoms with van der Waals surface area (Å²) in [5.74, 6) is 0. The van der Waals surface area contributed by atoms with Crippen LogP contribution in [0.25, 0.3) is 10.6 Å². The lowest BCUT2D eigenvalue weighted by molar-refractivity contribution is 1.15. The Hall–Kier alpha value is -0.870. The van der Waals surface area contributed by atoms with Crippen LogP contribution < -0.4 is 5.32 Å². The molecule has 1 aliphatic rings. The van der Waals surface area contributed by atoms with Crippen LogP contribution in [0.1, 0.15) is 9.88 Å². The van der Waals surface area contributed by atoms with E-state index in [-0.39, 0.29) is 0 Å². The zero-order valence-corrected chi connectivity index (χ0v) is 8.76. The molecule has 1 aliphatic heterocycles. The van der Waals surface area contributed by atoms with Crippen LogP contribution in [0.2, 0.25) is 0 Å². The Morgan fingerprint density at radius 2 is 2.46 bits per heavy atom. The first-order valence-corrected chi connectivity index (χ1v) is 5.82. The van der Waals surface area contributed by atoms with E-state index in [0.717, 1.165) is 11.6 Å². The minimum absolute atomic E-state index is 0.935. The minimum Gasteiger partial charge on any atom is -0.379 e. The molecule has 0 unspecified atom stereocenters. The van der Waals surface area contributed by atoms with Gasteiger partial charge in [0.25, 0.3) is 0 Å². The molecule has 0 saturated heterocycles. The molecule has 0 atom stereocenters. The van der Waals surface area contributed by atoms with Crippen molar-refractivity contribution in [3.8, 4) is 10.6 Å². The number of nitrogens with zero attached hydrogens (tertiary/aromatic N) is 1. The molecule has 13 heavy (non-hydrogen) atoms. The summed E-state index contributed by atoms with van der Waals surface area (Å²) in [6.45, 7) is 3.00. The topological polar surface area (TPSA) is 24.9 Å². The molecule has 0 bridgehead atoms. The second-order valence-corrected chi connectivity index (χ2v) is 5.23. The number of aryl methyl sites for hydroxylation is 1. The number of thiazole rings is 1. The maximum Gasteiger partial charge on any atom is 0.0985 e. The van der Waals surface area contributed by atoms with Gasteiger partial charge in [0.2, 0.25) is 0 Å². The normalized spacial score (nSPS) is 13.3. The molecule has 1 N–H and O–H groups in total. The van der Waals surface area contributed by atoms with Gasteiger partial charge in [-0.2, -0.15) is 0 Å². The molecule has 2 nitrogen and oxygen atoms in total. The van der Waals surface area contributed by atoms with Crippen molar-refractivity contribution in [3.63, 3.8) is 0 Å². The smallest absolute Gasteiger partial charge is 0.0985 e. The maximum absolute atomic E-state index is 4.55. The first-order chi connectivity index (χ1) is 6.34. The Balaban J connectivity index is 2.29. The highest BCUT2D eigenvalue weighted by molar-refractivity contribution is 7.15. The van der Waals surface area contributed by atoms with E-state index in [0.29, 0.717) is 0 Å². The summed E-state index contributed by atoms with van der Waals surface area (Å²) in [5, 5.41) is 6.67. The molecular formula is C9H8N2S2. The largest absolute Gasteiger partial charge is 0.379 e. The number of fused-ring (bicyclic) bond motifs is 3. The standard InChI is InChI=1S/C9H8N2S2/c1-5-11-8-7(13-5)4-10-6-2-3-12-9(6)8/h2-3,10H,4H2,1H3. The molecule has 66 valence electrons. The molecule has 0 spiro atoms. The van der Waals surface area contributed by atoms with Gasteiger partial charge in [0.05, 0.1) is 32.7 Å². The van der Waals surface area contributed by atoms with E-state index in [2.05, 4.69) is 28.7 Å². The summed E-state index contributed by atoms with van der Waals surface area (Å²) in [7, 11) is 0. The molecule has 0 radical (unpaired) electrons. The molecule has 2 aromatic rings. The van der Waals surface area contributed by atoms with Gasteiger partial charge in [-0.05, 0) is 18.4 Å². The highest BCUT2D eigenvalue weighted by Crippen LogP contribution is 2.40.